The fourth-order valence-corrected chi connectivity index (χ4v) is 2.59. The Labute approximate surface area is 132 Å². The summed E-state index contributed by atoms with van der Waals surface area (Å²) in [6.45, 7) is 4.06. The van der Waals surface area contributed by atoms with E-state index in [9.17, 15) is 4.79 Å². The summed E-state index contributed by atoms with van der Waals surface area (Å²) in [7, 11) is 0. The van der Waals surface area contributed by atoms with Crippen LogP contribution in [0.25, 0.3) is 0 Å². The van der Waals surface area contributed by atoms with Crippen molar-refractivity contribution in [1.29, 1.82) is 0 Å². The predicted octanol–water partition coefficient (Wildman–Crippen LogP) is 3.88. The molecule has 0 aliphatic heterocycles. The third kappa shape index (κ3) is 5.06. The first kappa shape index (κ1) is 16.3. The van der Waals surface area contributed by atoms with Crippen molar-refractivity contribution in [1.82, 2.24) is 9.97 Å². The number of carbonyl (C=O) groups is 1. The summed E-state index contributed by atoms with van der Waals surface area (Å²) < 4.78 is 0. The van der Waals surface area contributed by atoms with Gasteiger partial charge in [0, 0.05) is 35.6 Å². The molecule has 0 saturated carbocycles. The molecule has 2 rings (SSSR count). The van der Waals surface area contributed by atoms with Crippen molar-refractivity contribution in [3.63, 3.8) is 0 Å². The number of aryl methyl sites for hydroxylation is 2. The normalized spacial score (nSPS) is 13.5. The lowest BCUT2D eigenvalue weighted by Crippen LogP contribution is -2.20. The Kier molecular flexibility index (Phi) is 6.26. The van der Waals surface area contributed by atoms with E-state index in [1.807, 2.05) is 50.2 Å². The van der Waals surface area contributed by atoms with Gasteiger partial charge < -0.3 is 0 Å². The summed E-state index contributed by atoms with van der Waals surface area (Å²) in [5, 5.41) is 0. The van der Waals surface area contributed by atoms with Gasteiger partial charge in [-0.3, -0.25) is 14.8 Å². The number of hydrogen-bond acceptors (Lipinski definition) is 3. The first-order valence-corrected chi connectivity index (χ1v) is 8.00. The Balaban J connectivity index is 1.77. The highest BCUT2D eigenvalue weighted by Gasteiger charge is 2.19. The molecule has 2 aromatic heterocycles. The average molecular weight is 296 g/mol. The molecule has 0 radical (unpaired) electrons. The molecule has 22 heavy (non-hydrogen) atoms. The lowest BCUT2D eigenvalue weighted by Gasteiger charge is -2.16. The van der Waals surface area contributed by atoms with Gasteiger partial charge in [-0.25, -0.2) is 0 Å². The zero-order valence-electron chi connectivity index (χ0n) is 13.4. The van der Waals surface area contributed by atoms with Crippen LogP contribution in [0.1, 0.15) is 38.1 Å². The first-order chi connectivity index (χ1) is 10.7. The van der Waals surface area contributed by atoms with Crippen molar-refractivity contribution < 1.29 is 4.79 Å². The fraction of sp³-hybridized carbons (Fsp3) is 0.421. The maximum atomic E-state index is 12.4. The van der Waals surface area contributed by atoms with Gasteiger partial charge in [0.05, 0.1) is 0 Å². The maximum Gasteiger partial charge on any atom is 0.138 e. The van der Waals surface area contributed by atoms with E-state index >= 15 is 0 Å². The predicted molar refractivity (Wildman–Crippen MR) is 88.5 cm³/mol. The molecule has 116 valence electrons. The number of ketones is 1. The summed E-state index contributed by atoms with van der Waals surface area (Å²) in [6.07, 6.45) is 7.06. The Morgan fingerprint density at radius 3 is 1.68 bits per heavy atom. The third-order valence-electron chi connectivity index (χ3n) is 4.09. The van der Waals surface area contributed by atoms with Crippen molar-refractivity contribution in [3.05, 3.63) is 60.2 Å². The maximum absolute atomic E-state index is 12.4. The standard InChI is InChI=1S/C19H24N2O/c1-15(9-11-17-7-3-5-13-20-17)19(22)16(2)10-12-18-8-4-6-14-21-18/h3-8,13-16H,9-12H2,1-2H3/t15-,16-/m1/s1. The Morgan fingerprint density at radius 2 is 1.32 bits per heavy atom. The van der Waals surface area contributed by atoms with Crippen LogP contribution in [0.2, 0.25) is 0 Å². The van der Waals surface area contributed by atoms with E-state index in [1.54, 1.807) is 12.4 Å². The molecule has 2 atom stereocenters. The van der Waals surface area contributed by atoms with Gasteiger partial charge in [0.15, 0.2) is 0 Å². The lowest BCUT2D eigenvalue weighted by molar-refractivity contribution is -0.126. The molecule has 2 heterocycles. The monoisotopic (exact) mass is 296 g/mol. The molecule has 3 nitrogen and oxygen atoms in total. The molecule has 0 aliphatic carbocycles. The highest BCUT2D eigenvalue weighted by molar-refractivity contribution is 5.82. The molecule has 0 spiro atoms. The minimum atomic E-state index is 0.0840. The molecular formula is C19H24N2O. The highest BCUT2D eigenvalue weighted by Crippen LogP contribution is 2.17. The Morgan fingerprint density at radius 1 is 0.864 bits per heavy atom. The fourth-order valence-electron chi connectivity index (χ4n) is 2.59. The number of nitrogens with zero attached hydrogens (tertiary/aromatic N) is 2. The topological polar surface area (TPSA) is 42.9 Å². The first-order valence-electron chi connectivity index (χ1n) is 8.00. The van der Waals surface area contributed by atoms with Gasteiger partial charge in [-0.15, -0.1) is 0 Å². The van der Waals surface area contributed by atoms with E-state index < -0.39 is 0 Å². The lowest BCUT2D eigenvalue weighted by atomic mass is 9.88. The molecule has 3 heteroatoms. The van der Waals surface area contributed by atoms with Crippen LogP contribution in [0, 0.1) is 11.8 Å². The van der Waals surface area contributed by atoms with Gasteiger partial charge >= 0.3 is 0 Å². The molecule has 2 aromatic rings. The molecule has 0 amide bonds. The third-order valence-corrected chi connectivity index (χ3v) is 4.09. The SMILES string of the molecule is C[C@H](CCc1ccccn1)C(=O)[C@H](C)CCc1ccccn1. The molecular weight excluding hydrogens is 272 g/mol. The van der Waals surface area contributed by atoms with E-state index in [0.29, 0.717) is 5.78 Å². The number of rotatable bonds is 8. The van der Waals surface area contributed by atoms with E-state index in [-0.39, 0.29) is 11.8 Å². The summed E-state index contributed by atoms with van der Waals surface area (Å²) in [5.74, 6) is 0.522. The largest absolute Gasteiger partial charge is 0.299 e. The van der Waals surface area contributed by atoms with E-state index in [0.717, 1.165) is 37.1 Å². The van der Waals surface area contributed by atoms with Crippen molar-refractivity contribution in [3.8, 4) is 0 Å². The number of pyridine rings is 2. The molecule has 0 fully saturated rings. The average Bonchev–Trinajstić information content (AvgIpc) is 2.58. The molecule has 0 aromatic carbocycles. The van der Waals surface area contributed by atoms with Gasteiger partial charge in [0.25, 0.3) is 0 Å². The second-order valence-electron chi connectivity index (χ2n) is 5.92. The van der Waals surface area contributed by atoms with Crippen LogP contribution in [-0.2, 0) is 17.6 Å². The molecule has 0 bridgehead atoms. The second kappa shape index (κ2) is 8.42. The van der Waals surface area contributed by atoms with Crippen molar-refractivity contribution in [2.24, 2.45) is 11.8 Å². The van der Waals surface area contributed by atoms with Gasteiger partial charge in [0.1, 0.15) is 5.78 Å². The van der Waals surface area contributed by atoms with Crippen molar-refractivity contribution in [2.75, 3.05) is 0 Å². The summed E-state index contributed by atoms with van der Waals surface area (Å²) >= 11 is 0. The van der Waals surface area contributed by atoms with Crippen LogP contribution < -0.4 is 0 Å². The van der Waals surface area contributed by atoms with Gasteiger partial charge in [-0.2, -0.15) is 0 Å². The second-order valence-corrected chi connectivity index (χ2v) is 5.92. The molecule has 0 saturated heterocycles. The van der Waals surface area contributed by atoms with E-state index in [1.165, 1.54) is 0 Å². The van der Waals surface area contributed by atoms with Crippen LogP contribution in [0.5, 0.6) is 0 Å². The quantitative estimate of drug-likeness (QED) is 0.742. The van der Waals surface area contributed by atoms with E-state index in [2.05, 4.69) is 9.97 Å². The van der Waals surface area contributed by atoms with Gasteiger partial charge in [-0.05, 0) is 49.9 Å². The molecule has 0 aliphatic rings. The van der Waals surface area contributed by atoms with Crippen molar-refractivity contribution >= 4 is 5.78 Å². The zero-order valence-corrected chi connectivity index (χ0v) is 13.4. The highest BCUT2D eigenvalue weighted by atomic mass is 16.1. The number of hydrogen-bond donors (Lipinski definition) is 0. The summed E-state index contributed by atoms with van der Waals surface area (Å²) in [4.78, 5) is 21.1. The summed E-state index contributed by atoms with van der Waals surface area (Å²) in [6, 6.07) is 11.8. The van der Waals surface area contributed by atoms with Gasteiger partial charge in [-0.1, -0.05) is 26.0 Å². The Hall–Kier alpha value is -2.03. The minimum Gasteiger partial charge on any atom is -0.299 e. The van der Waals surface area contributed by atoms with Crippen LogP contribution in [0.15, 0.2) is 48.8 Å². The Bertz CT molecular complexity index is 517. The zero-order chi connectivity index (χ0) is 15.8. The summed E-state index contributed by atoms with van der Waals surface area (Å²) in [5.41, 5.74) is 2.12. The van der Waals surface area contributed by atoms with Crippen molar-refractivity contribution in [2.45, 2.75) is 39.5 Å². The molecule has 0 N–H and O–H groups in total. The van der Waals surface area contributed by atoms with Crippen LogP contribution >= 0.6 is 0 Å². The van der Waals surface area contributed by atoms with Crippen LogP contribution in [-0.4, -0.2) is 15.8 Å². The number of aromatic nitrogens is 2. The number of Topliss-reactive ketones (excluding diaryl/α,β-unsaturated/α-hetero) is 1. The van der Waals surface area contributed by atoms with Crippen LogP contribution in [0.4, 0.5) is 0 Å². The number of carbonyl (C=O) groups excluding carboxylic acids is 1. The van der Waals surface area contributed by atoms with Gasteiger partial charge in [0.2, 0.25) is 0 Å². The smallest absolute Gasteiger partial charge is 0.138 e. The molecule has 0 unspecified atom stereocenters. The van der Waals surface area contributed by atoms with E-state index in [4.69, 9.17) is 0 Å². The minimum absolute atomic E-state index is 0.0840. The van der Waals surface area contributed by atoms with Crippen LogP contribution in [0.3, 0.4) is 0 Å².